The van der Waals surface area contributed by atoms with E-state index in [1.54, 1.807) is 48.5 Å². The van der Waals surface area contributed by atoms with Crippen molar-refractivity contribution >= 4 is 41.0 Å². The predicted octanol–water partition coefficient (Wildman–Crippen LogP) is 2.32. The summed E-state index contributed by atoms with van der Waals surface area (Å²) in [5.41, 5.74) is 4.23. The highest BCUT2D eigenvalue weighted by Crippen LogP contribution is 2.20. The summed E-state index contributed by atoms with van der Waals surface area (Å²) < 4.78 is 5.02. The summed E-state index contributed by atoms with van der Waals surface area (Å²) in [6.07, 6.45) is -0.108. The fraction of sp³-hybridized carbons (Fsp3) is 0.238. The number of nitrogens with zero attached hydrogens (tertiary/aromatic N) is 1. The first-order valence-electron chi connectivity index (χ1n) is 9.22. The van der Waals surface area contributed by atoms with Crippen molar-refractivity contribution in [1.82, 2.24) is 10.4 Å². The normalized spacial score (nSPS) is 15.6. The van der Waals surface area contributed by atoms with Crippen LogP contribution in [0.15, 0.2) is 48.5 Å². The number of hydrogen-bond acceptors (Lipinski definition) is 5. The molecule has 0 aliphatic carbocycles. The average molecular weight is 430 g/mol. The molecule has 0 radical (unpaired) electrons. The summed E-state index contributed by atoms with van der Waals surface area (Å²) in [5, 5.41) is 4.18. The molecule has 0 saturated carbocycles. The number of nitrogens with one attached hydrogen (secondary N) is 2. The Morgan fingerprint density at radius 1 is 1.17 bits per heavy atom. The van der Waals surface area contributed by atoms with Crippen LogP contribution < -0.4 is 10.7 Å². The molecular formula is C21H20ClN3O5. The third kappa shape index (κ3) is 5.36. The Hall–Kier alpha value is -3.39. The molecule has 3 rings (SSSR count). The van der Waals surface area contributed by atoms with Crippen LogP contribution in [0.4, 0.5) is 5.69 Å². The van der Waals surface area contributed by atoms with Crippen LogP contribution in [0.5, 0.6) is 0 Å². The molecule has 2 N–H and O–H groups in total. The topological polar surface area (TPSA) is 105 Å². The van der Waals surface area contributed by atoms with E-state index in [-0.39, 0.29) is 13.0 Å². The second kappa shape index (κ2) is 9.41. The molecular weight excluding hydrogens is 410 g/mol. The summed E-state index contributed by atoms with van der Waals surface area (Å²) in [6, 6.07) is 13.4. The largest absolute Gasteiger partial charge is 0.455 e. The first kappa shape index (κ1) is 21.3. The molecule has 1 aliphatic heterocycles. The van der Waals surface area contributed by atoms with E-state index in [0.29, 0.717) is 16.3 Å². The van der Waals surface area contributed by atoms with Gasteiger partial charge in [-0.3, -0.25) is 29.6 Å². The highest BCUT2D eigenvalue weighted by molar-refractivity contribution is 6.31. The van der Waals surface area contributed by atoms with Gasteiger partial charge in [-0.25, -0.2) is 0 Å². The number of carbonyl (C=O) groups is 4. The average Bonchev–Trinajstić information content (AvgIpc) is 3.10. The maximum Gasteiger partial charge on any atom is 0.311 e. The van der Waals surface area contributed by atoms with E-state index < -0.39 is 36.2 Å². The van der Waals surface area contributed by atoms with Crippen molar-refractivity contribution in [1.29, 1.82) is 0 Å². The molecule has 0 aromatic heterocycles. The van der Waals surface area contributed by atoms with Crippen LogP contribution in [0.2, 0.25) is 5.02 Å². The Morgan fingerprint density at radius 3 is 2.60 bits per heavy atom. The van der Waals surface area contributed by atoms with Gasteiger partial charge in [0.25, 0.3) is 11.8 Å². The number of carbonyl (C=O) groups excluding carboxylic acids is 4. The number of benzene rings is 2. The monoisotopic (exact) mass is 429 g/mol. The molecule has 1 heterocycles. The van der Waals surface area contributed by atoms with E-state index in [2.05, 4.69) is 10.7 Å². The van der Waals surface area contributed by atoms with Crippen molar-refractivity contribution in [2.24, 2.45) is 5.92 Å². The molecule has 3 amide bonds. The van der Waals surface area contributed by atoms with Gasteiger partial charge >= 0.3 is 5.97 Å². The van der Waals surface area contributed by atoms with Crippen LogP contribution in [0, 0.1) is 12.8 Å². The molecule has 1 atom stereocenters. The third-order valence-electron chi connectivity index (χ3n) is 4.53. The molecule has 9 heteroatoms. The zero-order chi connectivity index (χ0) is 21.7. The molecule has 0 bridgehead atoms. The minimum absolute atomic E-state index is 0.0224. The Balaban J connectivity index is 1.47. The summed E-state index contributed by atoms with van der Waals surface area (Å²) in [5.74, 6) is -2.83. The maximum absolute atomic E-state index is 12.2. The fourth-order valence-electron chi connectivity index (χ4n) is 2.87. The van der Waals surface area contributed by atoms with E-state index in [0.717, 1.165) is 10.6 Å². The van der Waals surface area contributed by atoms with Gasteiger partial charge < -0.3 is 10.1 Å². The zero-order valence-corrected chi connectivity index (χ0v) is 16.9. The fourth-order valence-corrected chi connectivity index (χ4v) is 3.05. The van der Waals surface area contributed by atoms with Crippen LogP contribution >= 0.6 is 11.6 Å². The number of halogens is 1. The van der Waals surface area contributed by atoms with Gasteiger partial charge in [-0.15, -0.1) is 0 Å². The first-order valence-corrected chi connectivity index (χ1v) is 9.60. The summed E-state index contributed by atoms with van der Waals surface area (Å²) in [4.78, 5) is 48.5. The van der Waals surface area contributed by atoms with Gasteiger partial charge in [0.05, 0.1) is 12.5 Å². The van der Waals surface area contributed by atoms with Crippen LogP contribution in [-0.4, -0.2) is 41.9 Å². The molecule has 1 saturated heterocycles. The van der Waals surface area contributed by atoms with Gasteiger partial charge in [0, 0.05) is 22.7 Å². The molecule has 2 aromatic carbocycles. The standard InChI is InChI=1S/C21H20ClN3O5/c1-13-7-8-16(10-17(13)22)23-18(26)12-30-21(29)15-9-19(27)25(11-15)24-20(28)14-5-3-2-4-6-14/h2-8,10,15H,9,11-12H2,1H3,(H,23,26)(H,24,28)/t15-/m1/s1. The molecule has 2 aromatic rings. The number of ether oxygens (including phenoxy) is 1. The highest BCUT2D eigenvalue weighted by atomic mass is 35.5. The SMILES string of the molecule is Cc1ccc(NC(=O)COC(=O)[C@@H]2CC(=O)N(NC(=O)c3ccccc3)C2)cc1Cl. The third-order valence-corrected chi connectivity index (χ3v) is 4.94. The lowest BCUT2D eigenvalue weighted by Crippen LogP contribution is -2.43. The number of aryl methyl sites for hydroxylation is 1. The van der Waals surface area contributed by atoms with Crippen LogP contribution in [0.25, 0.3) is 0 Å². The van der Waals surface area contributed by atoms with Crippen molar-refractivity contribution in [2.45, 2.75) is 13.3 Å². The van der Waals surface area contributed by atoms with Crippen LogP contribution in [0.3, 0.4) is 0 Å². The van der Waals surface area contributed by atoms with Crippen molar-refractivity contribution in [3.63, 3.8) is 0 Å². The number of esters is 1. The molecule has 0 unspecified atom stereocenters. The quantitative estimate of drug-likeness (QED) is 0.686. The van der Waals surface area contributed by atoms with Crippen LogP contribution in [-0.2, 0) is 19.1 Å². The van der Waals surface area contributed by atoms with Crippen molar-refractivity contribution < 1.29 is 23.9 Å². The van der Waals surface area contributed by atoms with Crippen molar-refractivity contribution in [2.75, 3.05) is 18.5 Å². The van der Waals surface area contributed by atoms with E-state index in [1.807, 2.05) is 6.92 Å². The molecule has 0 spiro atoms. The van der Waals surface area contributed by atoms with E-state index in [1.165, 1.54) is 0 Å². The Morgan fingerprint density at radius 2 is 1.90 bits per heavy atom. The van der Waals surface area contributed by atoms with Gasteiger partial charge in [-0.2, -0.15) is 0 Å². The first-order chi connectivity index (χ1) is 14.3. The van der Waals surface area contributed by atoms with Gasteiger partial charge in [-0.05, 0) is 36.8 Å². The summed E-state index contributed by atoms with van der Waals surface area (Å²) in [6.45, 7) is 1.32. The number of hydrazine groups is 1. The van der Waals surface area contributed by atoms with Crippen LogP contribution in [0.1, 0.15) is 22.3 Å². The predicted molar refractivity (Wildman–Crippen MR) is 110 cm³/mol. The number of rotatable bonds is 6. The lowest BCUT2D eigenvalue weighted by atomic mass is 10.1. The van der Waals surface area contributed by atoms with Crippen molar-refractivity contribution in [3.05, 3.63) is 64.7 Å². The number of hydrogen-bond donors (Lipinski definition) is 2. The van der Waals surface area contributed by atoms with E-state index >= 15 is 0 Å². The van der Waals surface area contributed by atoms with Gasteiger partial charge in [0.2, 0.25) is 5.91 Å². The Kier molecular flexibility index (Phi) is 6.68. The Labute approximate surface area is 178 Å². The minimum Gasteiger partial charge on any atom is -0.455 e. The smallest absolute Gasteiger partial charge is 0.311 e. The summed E-state index contributed by atoms with van der Waals surface area (Å²) >= 11 is 6.01. The second-order valence-corrected chi connectivity index (χ2v) is 7.24. The second-order valence-electron chi connectivity index (χ2n) is 6.83. The maximum atomic E-state index is 12.2. The summed E-state index contributed by atoms with van der Waals surface area (Å²) in [7, 11) is 0. The molecule has 156 valence electrons. The molecule has 8 nitrogen and oxygen atoms in total. The minimum atomic E-state index is -0.768. The lowest BCUT2D eigenvalue weighted by Gasteiger charge is -2.17. The van der Waals surface area contributed by atoms with Gasteiger partial charge in [0.15, 0.2) is 6.61 Å². The number of anilines is 1. The highest BCUT2D eigenvalue weighted by Gasteiger charge is 2.36. The van der Waals surface area contributed by atoms with Gasteiger partial charge in [-0.1, -0.05) is 35.9 Å². The molecule has 1 aliphatic rings. The van der Waals surface area contributed by atoms with E-state index in [9.17, 15) is 19.2 Å². The zero-order valence-electron chi connectivity index (χ0n) is 16.2. The van der Waals surface area contributed by atoms with Gasteiger partial charge in [0.1, 0.15) is 0 Å². The van der Waals surface area contributed by atoms with Crippen molar-refractivity contribution in [3.8, 4) is 0 Å². The molecule has 1 fully saturated rings. The molecule has 30 heavy (non-hydrogen) atoms. The Bertz CT molecular complexity index is 980. The van der Waals surface area contributed by atoms with E-state index in [4.69, 9.17) is 16.3 Å². The lowest BCUT2D eigenvalue weighted by molar-refractivity contribution is -0.151. The number of amides is 3.